The number of ether oxygens (including phenoxy) is 2. The van der Waals surface area contributed by atoms with Gasteiger partial charge in [0.2, 0.25) is 5.91 Å². The Hall–Kier alpha value is -3.23. The van der Waals surface area contributed by atoms with Gasteiger partial charge in [0.25, 0.3) is 5.91 Å². The number of carbonyl (C=O) groups excluding carboxylic acids is 2. The van der Waals surface area contributed by atoms with Crippen LogP contribution in [0.5, 0.6) is 11.5 Å². The first kappa shape index (κ1) is 32.7. The molecule has 2 aliphatic heterocycles. The summed E-state index contributed by atoms with van der Waals surface area (Å²) in [5.74, 6) is 1.34. The molecular formula is C36H38Cl3N3O4. The highest BCUT2D eigenvalue weighted by Crippen LogP contribution is 2.39. The van der Waals surface area contributed by atoms with Gasteiger partial charge in [0.05, 0.1) is 21.1 Å². The number of hydrogen-bond donors (Lipinski definition) is 1. The van der Waals surface area contributed by atoms with E-state index in [-0.39, 0.29) is 29.9 Å². The second-order valence-electron chi connectivity index (χ2n) is 12.4. The van der Waals surface area contributed by atoms with Gasteiger partial charge in [-0.15, -0.1) is 0 Å². The van der Waals surface area contributed by atoms with Crippen molar-refractivity contribution in [2.45, 2.75) is 64.7 Å². The number of fused-ring (bicyclic) bond motifs is 2. The number of nitrogens with zero attached hydrogens (tertiary/aromatic N) is 2. The molecule has 242 valence electrons. The van der Waals surface area contributed by atoms with Crippen molar-refractivity contribution in [3.8, 4) is 11.5 Å². The van der Waals surface area contributed by atoms with E-state index in [1.165, 1.54) is 0 Å². The fourth-order valence-corrected chi connectivity index (χ4v) is 6.97. The third-order valence-corrected chi connectivity index (χ3v) is 10.2. The fourth-order valence-electron chi connectivity index (χ4n) is 6.31. The highest BCUT2D eigenvalue weighted by molar-refractivity contribution is 6.42. The average molecular weight is 683 g/mol. The molecule has 7 nitrogen and oxygen atoms in total. The lowest BCUT2D eigenvalue weighted by Crippen LogP contribution is -2.61. The normalized spacial score (nSPS) is 19.2. The first-order valence-corrected chi connectivity index (χ1v) is 16.8. The summed E-state index contributed by atoms with van der Waals surface area (Å²) in [7, 11) is 0. The SMILES string of the molecule is CC(=O)N1C[C@H]2CC(c3ccc(OCCOc4cc(C)c(C)cc4Cl)cc3)=C(C(=O)N(Cc3cccc(Cl)c3Cl)C3CC3)[C@@H](C1)N2. The third kappa shape index (κ3) is 7.18. The molecular weight excluding hydrogens is 645 g/mol. The van der Waals surface area contributed by atoms with Crippen LogP contribution in [0.25, 0.3) is 5.57 Å². The van der Waals surface area contributed by atoms with Crippen LogP contribution in [0.15, 0.2) is 60.2 Å². The highest BCUT2D eigenvalue weighted by Gasteiger charge is 2.43. The van der Waals surface area contributed by atoms with Crippen molar-refractivity contribution >= 4 is 52.2 Å². The van der Waals surface area contributed by atoms with Gasteiger partial charge in [0.1, 0.15) is 24.7 Å². The summed E-state index contributed by atoms with van der Waals surface area (Å²) in [6.07, 6.45) is 2.51. The Morgan fingerprint density at radius 2 is 1.65 bits per heavy atom. The van der Waals surface area contributed by atoms with E-state index < -0.39 is 0 Å². The van der Waals surface area contributed by atoms with Gasteiger partial charge in [-0.3, -0.25) is 9.59 Å². The van der Waals surface area contributed by atoms with Gasteiger partial charge in [0, 0.05) is 44.2 Å². The minimum absolute atomic E-state index is 0.0155. The molecule has 2 amide bonds. The first-order chi connectivity index (χ1) is 22.1. The van der Waals surface area contributed by atoms with Gasteiger partial charge in [-0.1, -0.05) is 59.1 Å². The van der Waals surface area contributed by atoms with Crippen molar-refractivity contribution in [3.63, 3.8) is 0 Å². The Bertz CT molecular complexity index is 1670. The minimum atomic E-state index is -0.278. The van der Waals surface area contributed by atoms with E-state index in [0.29, 0.717) is 71.4 Å². The Balaban J connectivity index is 1.23. The van der Waals surface area contributed by atoms with E-state index in [0.717, 1.165) is 40.7 Å². The summed E-state index contributed by atoms with van der Waals surface area (Å²) < 4.78 is 11.8. The molecule has 1 N–H and O–H groups in total. The van der Waals surface area contributed by atoms with Crippen molar-refractivity contribution in [1.82, 2.24) is 15.1 Å². The van der Waals surface area contributed by atoms with Gasteiger partial charge < -0.3 is 24.6 Å². The summed E-state index contributed by atoms with van der Waals surface area (Å²) in [5.41, 5.74) is 5.74. The van der Waals surface area contributed by atoms with Crippen molar-refractivity contribution < 1.29 is 19.1 Å². The van der Waals surface area contributed by atoms with E-state index in [2.05, 4.69) is 5.32 Å². The summed E-state index contributed by atoms with van der Waals surface area (Å²) in [6.45, 7) is 7.75. The van der Waals surface area contributed by atoms with Crippen LogP contribution in [-0.4, -0.2) is 66.0 Å². The van der Waals surface area contributed by atoms with E-state index >= 15 is 0 Å². The van der Waals surface area contributed by atoms with Crippen molar-refractivity contribution in [2.75, 3.05) is 26.3 Å². The number of hydrogen-bond acceptors (Lipinski definition) is 5. The predicted molar refractivity (Wildman–Crippen MR) is 183 cm³/mol. The van der Waals surface area contributed by atoms with Crippen LogP contribution in [0, 0.1) is 13.8 Å². The Kier molecular flexibility index (Phi) is 9.85. The van der Waals surface area contributed by atoms with Crippen LogP contribution >= 0.6 is 34.8 Å². The average Bonchev–Trinajstić information content (AvgIpc) is 3.87. The first-order valence-electron chi connectivity index (χ1n) is 15.7. The van der Waals surface area contributed by atoms with Crippen LogP contribution in [-0.2, 0) is 16.1 Å². The van der Waals surface area contributed by atoms with Gasteiger partial charge in [-0.05, 0) is 91.3 Å². The van der Waals surface area contributed by atoms with Crippen LogP contribution in [0.3, 0.4) is 0 Å². The van der Waals surface area contributed by atoms with Crippen molar-refractivity contribution in [1.29, 1.82) is 0 Å². The maximum absolute atomic E-state index is 14.6. The quantitative estimate of drug-likeness (QED) is 0.228. The maximum atomic E-state index is 14.6. The molecule has 0 aromatic heterocycles. The number of nitrogens with one attached hydrogen (secondary N) is 1. The second kappa shape index (κ2) is 13.9. The smallest absolute Gasteiger partial charge is 0.252 e. The lowest BCUT2D eigenvalue weighted by atomic mass is 9.82. The minimum Gasteiger partial charge on any atom is -0.490 e. The zero-order valence-corrected chi connectivity index (χ0v) is 28.5. The predicted octanol–water partition coefficient (Wildman–Crippen LogP) is 7.26. The Morgan fingerprint density at radius 1 is 0.935 bits per heavy atom. The van der Waals surface area contributed by atoms with Gasteiger partial charge in [0.15, 0.2) is 0 Å². The van der Waals surface area contributed by atoms with E-state index in [4.69, 9.17) is 44.3 Å². The lowest BCUT2D eigenvalue weighted by molar-refractivity contribution is -0.132. The molecule has 0 spiro atoms. The summed E-state index contributed by atoms with van der Waals surface area (Å²) in [4.78, 5) is 30.8. The Labute approximate surface area is 285 Å². The van der Waals surface area contributed by atoms with Gasteiger partial charge >= 0.3 is 0 Å². The van der Waals surface area contributed by atoms with E-state index in [1.54, 1.807) is 13.0 Å². The number of amides is 2. The molecule has 1 saturated heterocycles. The van der Waals surface area contributed by atoms with E-state index in [9.17, 15) is 9.59 Å². The second-order valence-corrected chi connectivity index (χ2v) is 13.6. The van der Waals surface area contributed by atoms with Crippen molar-refractivity contribution in [3.05, 3.63) is 97.5 Å². The number of rotatable bonds is 10. The molecule has 2 fully saturated rings. The highest BCUT2D eigenvalue weighted by atomic mass is 35.5. The molecule has 0 radical (unpaired) electrons. The zero-order valence-electron chi connectivity index (χ0n) is 26.2. The summed E-state index contributed by atoms with van der Waals surface area (Å²) >= 11 is 19.2. The molecule has 3 aromatic rings. The van der Waals surface area contributed by atoms with Crippen LogP contribution in [0.1, 0.15) is 48.4 Å². The number of carbonyl (C=O) groups is 2. The molecule has 1 aliphatic carbocycles. The molecule has 3 aliphatic rings. The Morgan fingerprint density at radius 3 is 2.37 bits per heavy atom. The zero-order chi connectivity index (χ0) is 32.5. The molecule has 1 saturated carbocycles. The largest absolute Gasteiger partial charge is 0.490 e. The molecule has 46 heavy (non-hydrogen) atoms. The lowest BCUT2D eigenvalue weighted by Gasteiger charge is -2.44. The van der Waals surface area contributed by atoms with Crippen LogP contribution < -0.4 is 14.8 Å². The van der Waals surface area contributed by atoms with Crippen molar-refractivity contribution in [2.24, 2.45) is 0 Å². The summed E-state index contributed by atoms with van der Waals surface area (Å²) in [5, 5.41) is 5.16. The van der Waals surface area contributed by atoms with Gasteiger partial charge in [-0.25, -0.2) is 0 Å². The number of piperazine rings is 1. The standard InChI is InChI=1S/C36H38Cl3N3O4/c1-21-15-31(38)33(16-22(21)2)46-14-13-45-28-11-7-24(8-12-28)29-17-26-19-41(23(3)43)20-32(40-26)34(29)36(44)42(27-9-10-27)18-25-5-4-6-30(37)35(25)39/h4-8,11-12,15-16,26-27,32,40H,9-10,13-14,17-20H2,1-3H3/t26-,32-/m1/s1. The number of benzene rings is 3. The van der Waals surface area contributed by atoms with Crippen LogP contribution in [0.4, 0.5) is 0 Å². The molecule has 10 heteroatoms. The van der Waals surface area contributed by atoms with E-state index in [1.807, 2.05) is 72.2 Å². The topological polar surface area (TPSA) is 71.1 Å². The fraction of sp³-hybridized carbons (Fsp3) is 0.389. The number of aryl methyl sites for hydroxylation is 2. The third-order valence-electron chi connectivity index (χ3n) is 9.06. The molecule has 0 unspecified atom stereocenters. The molecule has 2 atom stereocenters. The summed E-state index contributed by atoms with van der Waals surface area (Å²) in [6, 6.07) is 17.2. The van der Waals surface area contributed by atoms with Gasteiger partial charge in [-0.2, -0.15) is 0 Å². The van der Waals surface area contributed by atoms with Crippen LogP contribution in [0.2, 0.25) is 15.1 Å². The molecule has 3 aromatic carbocycles. The number of halogens is 3. The molecule has 2 bridgehead atoms. The maximum Gasteiger partial charge on any atom is 0.252 e. The molecule has 2 heterocycles. The monoisotopic (exact) mass is 681 g/mol. The molecule has 6 rings (SSSR count).